The first-order valence-corrected chi connectivity index (χ1v) is 5.72. The number of hydrogen-bond donors (Lipinski definition) is 1. The summed E-state index contributed by atoms with van der Waals surface area (Å²) in [6.45, 7) is 0.366. The maximum absolute atomic E-state index is 11.5. The van der Waals surface area contributed by atoms with Gasteiger partial charge in [-0.2, -0.15) is 0 Å². The van der Waals surface area contributed by atoms with E-state index in [2.05, 4.69) is 10.2 Å². The molecule has 0 atom stereocenters. The third kappa shape index (κ3) is 5.48. The van der Waals surface area contributed by atoms with Crippen molar-refractivity contribution in [3.8, 4) is 0 Å². The molecule has 0 heterocycles. The summed E-state index contributed by atoms with van der Waals surface area (Å²) in [5.74, 6) is -0.00588. The third-order valence-electron chi connectivity index (χ3n) is 2.73. The summed E-state index contributed by atoms with van der Waals surface area (Å²) in [6.07, 6.45) is 2.39. The molecule has 0 saturated heterocycles. The summed E-state index contributed by atoms with van der Waals surface area (Å²) in [6, 6.07) is 0.119. The Kier molecular flexibility index (Phi) is 5.14. The molecular weight excluding hydrogens is 226 g/mol. The summed E-state index contributed by atoms with van der Waals surface area (Å²) in [4.78, 5) is 28.0. The standard InChI is InChI=1S/C10H19N3O4/c1-12(2)7-10(14)11-8-3-5-9(6-4-8)17-13(15)16/h8-9H,3-7H2,1-2H3,(H,11,14). The van der Waals surface area contributed by atoms with E-state index in [4.69, 9.17) is 0 Å². The Morgan fingerprint density at radius 3 is 2.47 bits per heavy atom. The highest BCUT2D eigenvalue weighted by molar-refractivity contribution is 5.78. The van der Waals surface area contributed by atoms with Crippen molar-refractivity contribution in [1.29, 1.82) is 0 Å². The van der Waals surface area contributed by atoms with Gasteiger partial charge in [0.2, 0.25) is 5.91 Å². The summed E-state index contributed by atoms with van der Waals surface area (Å²) in [5.41, 5.74) is 0. The Morgan fingerprint density at radius 1 is 1.41 bits per heavy atom. The Labute approximate surface area is 100 Å². The van der Waals surface area contributed by atoms with Crippen molar-refractivity contribution in [3.05, 3.63) is 10.1 Å². The van der Waals surface area contributed by atoms with Crippen LogP contribution in [0.1, 0.15) is 25.7 Å². The number of nitrogens with zero attached hydrogens (tertiary/aromatic N) is 2. The van der Waals surface area contributed by atoms with Crippen molar-refractivity contribution in [1.82, 2.24) is 10.2 Å². The van der Waals surface area contributed by atoms with E-state index in [0.29, 0.717) is 19.4 Å². The fourth-order valence-corrected chi connectivity index (χ4v) is 1.99. The van der Waals surface area contributed by atoms with Crippen LogP contribution in [0.5, 0.6) is 0 Å². The van der Waals surface area contributed by atoms with Gasteiger partial charge >= 0.3 is 0 Å². The van der Waals surface area contributed by atoms with Gasteiger partial charge in [0.25, 0.3) is 5.09 Å². The van der Waals surface area contributed by atoms with Crippen molar-refractivity contribution in [2.24, 2.45) is 0 Å². The van der Waals surface area contributed by atoms with E-state index < -0.39 is 5.09 Å². The maximum atomic E-state index is 11.5. The van der Waals surface area contributed by atoms with Crippen LogP contribution in [0.3, 0.4) is 0 Å². The minimum absolute atomic E-state index is 0.00588. The van der Waals surface area contributed by atoms with E-state index in [1.807, 2.05) is 14.1 Å². The predicted octanol–water partition coefficient (Wildman–Crippen LogP) is 0.184. The largest absolute Gasteiger partial charge is 0.352 e. The molecule has 1 N–H and O–H groups in total. The lowest BCUT2D eigenvalue weighted by Gasteiger charge is -2.28. The van der Waals surface area contributed by atoms with Crippen LogP contribution in [0.2, 0.25) is 0 Å². The number of amides is 1. The molecule has 1 saturated carbocycles. The lowest BCUT2D eigenvalue weighted by atomic mass is 9.93. The van der Waals surface area contributed by atoms with Gasteiger partial charge in [0.15, 0.2) is 0 Å². The molecule has 7 heteroatoms. The van der Waals surface area contributed by atoms with Crippen LogP contribution in [0, 0.1) is 10.1 Å². The van der Waals surface area contributed by atoms with Gasteiger partial charge in [0.1, 0.15) is 6.10 Å². The smallest absolute Gasteiger partial charge is 0.294 e. The molecule has 0 aliphatic heterocycles. The van der Waals surface area contributed by atoms with Gasteiger partial charge in [0, 0.05) is 6.04 Å². The SMILES string of the molecule is CN(C)CC(=O)NC1CCC(O[N+](=O)[O-])CC1. The van der Waals surface area contributed by atoms with Gasteiger partial charge in [-0.3, -0.25) is 4.79 Å². The minimum atomic E-state index is -0.740. The second-order valence-electron chi connectivity index (χ2n) is 4.61. The van der Waals surface area contributed by atoms with E-state index in [1.165, 1.54) is 0 Å². The highest BCUT2D eigenvalue weighted by Gasteiger charge is 2.24. The van der Waals surface area contributed by atoms with Gasteiger partial charge in [-0.25, -0.2) is 0 Å². The summed E-state index contributed by atoms with van der Waals surface area (Å²) >= 11 is 0. The summed E-state index contributed by atoms with van der Waals surface area (Å²) in [7, 11) is 3.67. The normalized spacial score (nSPS) is 24.4. The zero-order chi connectivity index (χ0) is 12.8. The van der Waals surface area contributed by atoms with Gasteiger partial charge in [-0.1, -0.05) is 0 Å². The fraction of sp³-hybridized carbons (Fsp3) is 0.900. The number of hydrogen-bond acceptors (Lipinski definition) is 5. The molecule has 0 bridgehead atoms. The lowest BCUT2D eigenvalue weighted by molar-refractivity contribution is -0.769. The van der Waals surface area contributed by atoms with E-state index in [1.54, 1.807) is 4.90 Å². The van der Waals surface area contributed by atoms with Crippen molar-refractivity contribution in [2.75, 3.05) is 20.6 Å². The number of likely N-dealkylation sites (N-methyl/N-ethyl adjacent to an activating group) is 1. The molecule has 7 nitrogen and oxygen atoms in total. The zero-order valence-corrected chi connectivity index (χ0v) is 10.2. The molecule has 0 radical (unpaired) electrons. The fourth-order valence-electron chi connectivity index (χ4n) is 1.99. The van der Waals surface area contributed by atoms with Crippen LogP contribution in [0.4, 0.5) is 0 Å². The molecule has 1 aliphatic carbocycles. The van der Waals surface area contributed by atoms with E-state index in [-0.39, 0.29) is 18.1 Å². The number of nitrogens with one attached hydrogen (secondary N) is 1. The van der Waals surface area contributed by atoms with E-state index in [0.717, 1.165) is 12.8 Å². The number of carbonyl (C=O) groups excluding carboxylic acids is 1. The first-order valence-electron chi connectivity index (χ1n) is 5.72. The highest BCUT2D eigenvalue weighted by Crippen LogP contribution is 2.21. The molecule has 0 aromatic rings. The molecule has 1 amide bonds. The van der Waals surface area contributed by atoms with E-state index in [9.17, 15) is 14.9 Å². The van der Waals surface area contributed by atoms with Crippen LogP contribution in [0.15, 0.2) is 0 Å². The average Bonchev–Trinajstić information content (AvgIpc) is 2.18. The minimum Gasteiger partial charge on any atom is -0.352 e. The predicted molar refractivity (Wildman–Crippen MR) is 60.8 cm³/mol. The molecule has 1 fully saturated rings. The Morgan fingerprint density at radius 2 is 2.00 bits per heavy atom. The Balaban J connectivity index is 2.23. The van der Waals surface area contributed by atoms with Gasteiger partial charge < -0.3 is 15.1 Å². The van der Waals surface area contributed by atoms with Crippen molar-refractivity contribution >= 4 is 5.91 Å². The molecule has 98 valence electrons. The van der Waals surface area contributed by atoms with Crippen molar-refractivity contribution in [2.45, 2.75) is 37.8 Å². The van der Waals surface area contributed by atoms with Crippen molar-refractivity contribution in [3.63, 3.8) is 0 Å². The molecule has 0 aromatic carbocycles. The first-order chi connectivity index (χ1) is 7.97. The molecule has 0 unspecified atom stereocenters. The Hall–Kier alpha value is -1.37. The average molecular weight is 245 g/mol. The molecule has 17 heavy (non-hydrogen) atoms. The molecule has 0 spiro atoms. The molecular formula is C10H19N3O4. The first kappa shape index (κ1) is 13.7. The topological polar surface area (TPSA) is 84.7 Å². The zero-order valence-electron chi connectivity index (χ0n) is 10.2. The maximum Gasteiger partial charge on any atom is 0.294 e. The van der Waals surface area contributed by atoms with Crippen molar-refractivity contribution < 1.29 is 14.7 Å². The van der Waals surface area contributed by atoms with Crippen LogP contribution in [-0.2, 0) is 9.63 Å². The molecule has 1 aliphatic rings. The Bertz CT molecular complexity index is 275. The van der Waals surface area contributed by atoms with Gasteiger partial charge in [-0.15, -0.1) is 10.1 Å². The van der Waals surface area contributed by atoms with E-state index >= 15 is 0 Å². The number of rotatable bonds is 5. The molecule has 1 rings (SSSR count). The second kappa shape index (κ2) is 6.39. The highest BCUT2D eigenvalue weighted by atomic mass is 17.0. The molecule has 0 aromatic heterocycles. The monoisotopic (exact) mass is 245 g/mol. The van der Waals surface area contributed by atoms with Crippen LogP contribution in [-0.4, -0.2) is 48.7 Å². The summed E-state index contributed by atoms with van der Waals surface area (Å²) in [5, 5.41) is 12.3. The quantitative estimate of drug-likeness (QED) is 0.552. The summed E-state index contributed by atoms with van der Waals surface area (Å²) < 4.78 is 0. The van der Waals surface area contributed by atoms with Crippen LogP contribution < -0.4 is 5.32 Å². The van der Waals surface area contributed by atoms with Gasteiger partial charge in [-0.05, 0) is 39.8 Å². The lowest BCUT2D eigenvalue weighted by Crippen LogP contribution is -2.42. The van der Waals surface area contributed by atoms with Crippen LogP contribution >= 0.6 is 0 Å². The number of carbonyl (C=O) groups is 1. The van der Waals surface area contributed by atoms with Crippen LogP contribution in [0.25, 0.3) is 0 Å². The second-order valence-corrected chi connectivity index (χ2v) is 4.61. The third-order valence-corrected chi connectivity index (χ3v) is 2.73. The van der Waals surface area contributed by atoms with Gasteiger partial charge in [0.05, 0.1) is 6.54 Å².